The second kappa shape index (κ2) is 5.60. The van der Waals surface area contributed by atoms with E-state index >= 15 is 0 Å². The van der Waals surface area contributed by atoms with Crippen molar-refractivity contribution in [1.29, 1.82) is 0 Å². The van der Waals surface area contributed by atoms with Crippen LogP contribution < -0.4 is 10.6 Å². The molecule has 2 N–H and O–H groups in total. The minimum absolute atomic E-state index is 0.156. The van der Waals surface area contributed by atoms with Crippen molar-refractivity contribution in [1.82, 2.24) is 10.6 Å². The van der Waals surface area contributed by atoms with E-state index in [0.29, 0.717) is 25.0 Å². The number of rotatable bonds is 3. The molecule has 0 aromatic carbocycles. The Balaban J connectivity index is 1.78. The Bertz CT molecular complexity index is 298. The first-order valence-corrected chi connectivity index (χ1v) is 6.31. The Morgan fingerprint density at radius 2 is 1.88 bits per heavy atom. The molecule has 1 saturated heterocycles. The fourth-order valence-corrected chi connectivity index (χ4v) is 2.60. The molecule has 2 aliphatic rings. The zero-order valence-electron chi connectivity index (χ0n) is 10.2. The molecule has 1 heterocycles. The third kappa shape index (κ3) is 3.26. The molecule has 5 nitrogen and oxygen atoms in total. The summed E-state index contributed by atoms with van der Waals surface area (Å²) in [5.41, 5.74) is 0. The molecule has 2 amide bonds. The predicted octanol–water partition coefficient (Wildman–Crippen LogP) is 0.339. The van der Waals surface area contributed by atoms with Crippen LogP contribution in [-0.4, -0.2) is 37.1 Å². The number of carbonyl (C=O) groups is 2. The highest BCUT2D eigenvalue weighted by Gasteiger charge is 2.30. The second-order valence-corrected chi connectivity index (χ2v) is 4.88. The quantitative estimate of drug-likeness (QED) is 0.698. The van der Waals surface area contributed by atoms with Crippen LogP contribution >= 0.6 is 0 Å². The van der Waals surface area contributed by atoms with Crippen LogP contribution in [-0.2, 0) is 14.3 Å². The van der Waals surface area contributed by atoms with Gasteiger partial charge in [-0.3, -0.25) is 14.9 Å². The zero-order chi connectivity index (χ0) is 12.3. The second-order valence-electron chi connectivity index (χ2n) is 4.88. The SMILES string of the molecule is COC1CCC(NC2CCC(=O)NC2=O)CC1. The van der Waals surface area contributed by atoms with Gasteiger partial charge >= 0.3 is 0 Å². The van der Waals surface area contributed by atoms with E-state index in [1.807, 2.05) is 0 Å². The van der Waals surface area contributed by atoms with Crippen molar-refractivity contribution >= 4 is 11.8 Å². The molecule has 0 aromatic heterocycles. The minimum Gasteiger partial charge on any atom is -0.381 e. The summed E-state index contributed by atoms with van der Waals surface area (Å²) >= 11 is 0. The molecular formula is C12H20N2O3. The van der Waals surface area contributed by atoms with Gasteiger partial charge in [0.15, 0.2) is 0 Å². The Hall–Kier alpha value is -0.940. The summed E-state index contributed by atoms with van der Waals surface area (Å²) < 4.78 is 5.31. The molecule has 2 rings (SSSR count). The molecule has 0 spiro atoms. The number of imide groups is 1. The van der Waals surface area contributed by atoms with Gasteiger partial charge in [-0.1, -0.05) is 0 Å². The van der Waals surface area contributed by atoms with Gasteiger partial charge < -0.3 is 10.1 Å². The summed E-state index contributed by atoms with van der Waals surface area (Å²) in [7, 11) is 1.75. The van der Waals surface area contributed by atoms with E-state index in [4.69, 9.17) is 4.74 Å². The van der Waals surface area contributed by atoms with Gasteiger partial charge in [-0.25, -0.2) is 0 Å². The molecule has 1 unspecified atom stereocenters. The molecule has 5 heteroatoms. The van der Waals surface area contributed by atoms with E-state index in [1.54, 1.807) is 7.11 Å². The lowest BCUT2D eigenvalue weighted by Crippen LogP contribution is -2.54. The van der Waals surface area contributed by atoms with Gasteiger partial charge in [-0.05, 0) is 32.1 Å². The molecule has 0 aromatic rings. The van der Waals surface area contributed by atoms with Gasteiger partial charge in [0.25, 0.3) is 0 Å². The third-order valence-electron chi connectivity index (χ3n) is 3.68. The first-order valence-electron chi connectivity index (χ1n) is 6.31. The van der Waals surface area contributed by atoms with E-state index in [9.17, 15) is 9.59 Å². The zero-order valence-corrected chi connectivity index (χ0v) is 10.2. The van der Waals surface area contributed by atoms with Gasteiger partial charge in [0, 0.05) is 19.6 Å². The van der Waals surface area contributed by atoms with E-state index in [-0.39, 0.29) is 17.9 Å². The Labute approximate surface area is 101 Å². The third-order valence-corrected chi connectivity index (χ3v) is 3.68. The highest BCUT2D eigenvalue weighted by molar-refractivity contribution is 6.00. The van der Waals surface area contributed by atoms with Crippen LogP contribution in [0.25, 0.3) is 0 Å². The number of piperidine rings is 1. The molecule has 1 aliphatic heterocycles. The van der Waals surface area contributed by atoms with Gasteiger partial charge in [-0.2, -0.15) is 0 Å². The van der Waals surface area contributed by atoms with Crippen LogP contribution in [0.5, 0.6) is 0 Å². The lowest BCUT2D eigenvalue weighted by molar-refractivity contribution is -0.135. The highest BCUT2D eigenvalue weighted by atomic mass is 16.5. The predicted molar refractivity (Wildman–Crippen MR) is 62.4 cm³/mol. The lowest BCUT2D eigenvalue weighted by Gasteiger charge is -2.32. The van der Waals surface area contributed by atoms with Crippen molar-refractivity contribution < 1.29 is 14.3 Å². The summed E-state index contributed by atoms with van der Waals surface area (Å²) in [6.45, 7) is 0. The smallest absolute Gasteiger partial charge is 0.243 e. The maximum Gasteiger partial charge on any atom is 0.243 e. The first-order chi connectivity index (χ1) is 8.19. The van der Waals surface area contributed by atoms with Crippen LogP contribution in [0.3, 0.4) is 0 Å². The van der Waals surface area contributed by atoms with Crippen LogP contribution in [0.1, 0.15) is 38.5 Å². The molecule has 1 aliphatic carbocycles. The number of carbonyl (C=O) groups excluding carboxylic acids is 2. The van der Waals surface area contributed by atoms with Crippen LogP contribution in [0.4, 0.5) is 0 Å². The first kappa shape index (κ1) is 12.5. The minimum atomic E-state index is -0.197. The van der Waals surface area contributed by atoms with Crippen molar-refractivity contribution in [3.05, 3.63) is 0 Å². The maximum absolute atomic E-state index is 11.6. The molecule has 96 valence electrons. The summed E-state index contributed by atoms with van der Waals surface area (Å²) in [4.78, 5) is 22.6. The van der Waals surface area contributed by atoms with Gasteiger partial charge in [0.2, 0.25) is 11.8 Å². The molecule has 1 atom stereocenters. The van der Waals surface area contributed by atoms with E-state index < -0.39 is 0 Å². The fourth-order valence-electron chi connectivity index (χ4n) is 2.60. The van der Waals surface area contributed by atoms with Crippen LogP contribution in [0, 0.1) is 0 Å². The van der Waals surface area contributed by atoms with Gasteiger partial charge in [-0.15, -0.1) is 0 Å². The highest BCUT2D eigenvalue weighted by Crippen LogP contribution is 2.21. The molecular weight excluding hydrogens is 220 g/mol. The normalized spacial score (nSPS) is 34.5. The maximum atomic E-state index is 11.6. The molecule has 17 heavy (non-hydrogen) atoms. The van der Waals surface area contributed by atoms with Crippen LogP contribution in [0.15, 0.2) is 0 Å². The number of amides is 2. The topological polar surface area (TPSA) is 67.4 Å². The standard InChI is InChI=1S/C12H20N2O3/c1-17-9-4-2-8(3-5-9)13-10-6-7-11(15)14-12(10)16/h8-10,13H,2-7H2,1H3,(H,14,15,16). The van der Waals surface area contributed by atoms with Crippen molar-refractivity contribution in [2.24, 2.45) is 0 Å². The van der Waals surface area contributed by atoms with E-state index in [0.717, 1.165) is 25.7 Å². The molecule has 1 saturated carbocycles. The van der Waals surface area contributed by atoms with Crippen LogP contribution in [0.2, 0.25) is 0 Å². The van der Waals surface area contributed by atoms with Crippen molar-refractivity contribution in [3.8, 4) is 0 Å². The average Bonchev–Trinajstić information content (AvgIpc) is 2.34. The van der Waals surface area contributed by atoms with Crippen molar-refractivity contribution in [2.45, 2.75) is 56.7 Å². The van der Waals surface area contributed by atoms with Gasteiger partial charge in [0.1, 0.15) is 0 Å². The summed E-state index contributed by atoms with van der Waals surface area (Å²) in [6, 6.07) is 0.183. The lowest BCUT2D eigenvalue weighted by atomic mass is 9.91. The average molecular weight is 240 g/mol. The Kier molecular flexibility index (Phi) is 4.12. The van der Waals surface area contributed by atoms with E-state index in [1.165, 1.54) is 0 Å². The molecule has 0 bridgehead atoms. The largest absolute Gasteiger partial charge is 0.381 e. The Morgan fingerprint density at radius 3 is 2.47 bits per heavy atom. The number of hydrogen-bond donors (Lipinski definition) is 2. The van der Waals surface area contributed by atoms with Gasteiger partial charge in [0.05, 0.1) is 12.1 Å². The summed E-state index contributed by atoms with van der Waals surface area (Å²) in [6.07, 6.45) is 5.59. The van der Waals surface area contributed by atoms with Crippen molar-refractivity contribution in [3.63, 3.8) is 0 Å². The molecule has 0 radical (unpaired) electrons. The Morgan fingerprint density at radius 1 is 1.18 bits per heavy atom. The number of ether oxygens (including phenoxy) is 1. The summed E-state index contributed by atoms with van der Waals surface area (Å²) in [5.74, 6) is -0.328. The number of methoxy groups -OCH3 is 1. The molecule has 2 fully saturated rings. The fraction of sp³-hybridized carbons (Fsp3) is 0.833. The summed E-state index contributed by atoms with van der Waals surface area (Å²) in [5, 5.41) is 5.73. The number of nitrogens with one attached hydrogen (secondary N) is 2. The monoisotopic (exact) mass is 240 g/mol. The van der Waals surface area contributed by atoms with Crippen molar-refractivity contribution in [2.75, 3.05) is 7.11 Å². The number of hydrogen-bond acceptors (Lipinski definition) is 4. The van der Waals surface area contributed by atoms with E-state index in [2.05, 4.69) is 10.6 Å².